The van der Waals surface area contributed by atoms with Crippen molar-refractivity contribution in [2.24, 2.45) is 5.10 Å². The molecule has 1 aliphatic heterocycles. The monoisotopic (exact) mass is 467 g/mol. The van der Waals surface area contributed by atoms with Gasteiger partial charge >= 0.3 is 5.97 Å². The number of amides is 1. The molecule has 33 heavy (non-hydrogen) atoms. The number of hydrogen-bond donors (Lipinski definition) is 0. The Morgan fingerprint density at radius 3 is 2.64 bits per heavy atom. The number of nitro benzene ring substituents is 1. The van der Waals surface area contributed by atoms with Gasteiger partial charge in [0.1, 0.15) is 11.8 Å². The number of nitrogens with zero attached hydrogens (tertiary/aromatic N) is 3. The van der Waals surface area contributed by atoms with E-state index in [9.17, 15) is 19.7 Å². The summed E-state index contributed by atoms with van der Waals surface area (Å²) < 4.78 is 10.7. The third-order valence-corrected chi connectivity index (χ3v) is 5.42. The molecule has 3 aromatic rings. The van der Waals surface area contributed by atoms with Gasteiger partial charge < -0.3 is 9.15 Å². The zero-order valence-electron chi connectivity index (χ0n) is 17.4. The van der Waals surface area contributed by atoms with Crippen molar-refractivity contribution >= 4 is 34.9 Å². The van der Waals surface area contributed by atoms with Gasteiger partial charge in [-0.1, -0.05) is 23.7 Å². The highest BCUT2D eigenvalue weighted by molar-refractivity contribution is 6.30. The van der Waals surface area contributed by atoms with E-state index in [1.54, 1.807) is 24.3 Å². The van der Waals surface area contributed by atoms with E-state index >= 15 is 0 Å². The average Bonchev–Trinajstić information content (AvgIpc) is 3.47. The Labute approximate surface area is 193 Å². The van der Waals surface area contributed by atoms with E-state index in [-0.39, 0.29) is 11.3 Å². The molecule has 0 N–H and O–H groups in total. The van der Waals surface area contributed by atoms with Crippen molar-refractivity contribution in [2.45, 2.75) is 19.4 Å². The SMILES string of the molecule is Cc1cc(C(=O)OCC(=O)N2N=C(c3ccc(Cl)cc3)CC2c2ccco2)ccc1[N+](=O)[O-]. The molecule has 1 aromatic heterocycles. The summed E-state index contributed by atoms with van der Waals surface area (Å²) in [5.74, 6) is -0.752. The Kier molecular flexibility index (Phi) is 6.23. The lowest BCUT2D eigenvalue weighted by molar-refractivity contribution is -0.385. The van der Waals surface area contributed by atoms with Crippen molar-refractivity contribution in [2.75, 3.05) is 6.61 Å². The number of hydrogen-bond acceptors (Lipinski definition) is 7. The highest BCUT2D eigenvalue weighted by atomic mass is 35.5. The highest BCUT2D eigenvalue weighted by Gasteiger charge is 2.35. The molecule has 10 heteroatoms. The standard InChI is InChI=1S/C23H18ClN3O6/c1-14-11-16(6-9-19(14)27(30)31)23(29)33-13-22(28)26-20(21-3-2-10-32-21)12-18(25-26)15-4-7-17(24)8-5-15/h2-11,20H,12-13H2,1H3. The topological polar surface area (TPSA) is 115 Å². The van der Waals surface area contributed by atoms with Crippen LogP contribution in [0.3, 0.4) is 0 Å². The number of nitro groups is 1. The smallest absolute Gasteiger partial charge is 0.338 e. The number of aryl methyl sites for hydroxylation is 1. The molecule has 0 fully saturated rings. The van der Waals surface area contributed by atoms with Crippen LogP contribution in [-0.2, 0) is 9.53 Å². The number of ether oxygens (including phenoxy) is 1. The molecular formula is C23H18ClN3O6. The van der Waals surface area contributed by atoms with Gasteiger partial charge in [0.15, 0.2) is 6.61 Å². The van der Waals surface area contributed by atoms with E-state index in [0.29, 0.717) is 28.5 Å². The fraction of sp³-hybridized carbons (Fsp3) is 0.174. The first-order chi connectivity index (χ1) is 15.8. The number of carbonyl (C=O) groups is 2. The zero-order chi connectivity index (χ0) is 23.5. The molecule has 9 nitrogen and oxygen atoms in total. The Morgan fingerprint density at radius 1 is 1.24 bits per heavy atom. The predicted molar refractivity (Wildman–Crippen MR) is 119 cm³/mol. The summed E-state index contributed by atoms with van der Waals surface area (Å²) in [5.41, 5.74) is 1.80. The molecule has 0 aliphatic carbocycles. The minimum Gasteiger partial charge on any atom is -0.467 e. The van der Waals surface area contributed by atoms with Crippen molar-refractivity contribution in [1.82, 2.24) is 5.01 Å². The van der Waals surface area contributed by atoms with E-state index in [1.807, 2.05) is 12.1 Å². The lowest BCUT2D eigenvalue weighted by Crippen LogP contribution is -2.31. The number of esters is 1. The van der Waals surface area contributed by atoms with E-state index in [0.717, 1.165) is 5.56 Å². The molecule has 168 valence electrons. The number of hydrazone groups is 1. The minimum absolute atomic E-state index is 0.106. The molecule has 0 spiro atoms. The van der Waals surface area contributed by atoms with Crippen LogP contribution in [-0.4, -0.2) is 34.1 Å². The molecule has 2 aromatic carbocycles. The van der Waals surface area contributed by atoms with Gasteiger partial charge in [0.2, 0.25) is 0 Å². The van der Waals surface area contributed by atoms with Crippen LogP contribution in [0, 0.1) is 17.0 Å². The second-order valence-corrected chi connectivity index (χ2v) is 7.80. The van der Waals surface area contributed by atoms with Crippen LogP contribution < -0.4 is 0 Å². The number of rotatable bonds is 6. The summed E-state index contributed by atoms with van der Waals surface area (Å²) in [6.45, 7) is 0.967. The summed E-state index contributed by atoms with van der Waals surface area (Å²) in [6.07, 6.45) is 1.92. The van der Waals surface area contributed by atoms with E-state index in [2.05, 4.69) is 5.10 Å². The summed E-state index contributed by atoms with van der Waals surface area (Å²) in [6, 6.07) is 13.9. The zero-order valence-corrected chi connectivity index (χ0v) is 18.2. The lowest BCUT2D eigenvalue weighted by Gasteiger charge is -2.19. The van der Waals surface area contributed by atoms with E-state index in [4.69, 9.17) is 20.8 Å². The number of benzene rings is 2. The Bertz CT molecular complexity index is 1240. The first-order valence-electron chi connectivity index (χ1n) is 9.94. The van der Waals surface area contributed by atoms with Gasteiger partial charge in [-0.05, 0) is 48.9 Å². The minimum atomic E-state index is -0.767. The summed E-state index contributed by atoms with van der Waals surface area (Å²) in [7, 11) is 0. The van der Waals surface area contributed by atoms with Crippen molar-refractivity contribution < 1.29 is 23.7 Å². The molecule has 1 unspecified atom stereocenters. The van der Waals surface area contributed by atoms with Gasteiger partial charge in [-0.2, -0.15) is 5.10 Å². The quantitative estimate of drug-likeness (QED) is 0.295. The van der Waals surface area contributed by atoms with Crippen LogP contribution in [0.5, 0.6) is 0 Å². The maximum atomic E-state index is 12.9. The van der Waals surface area contributed by atoms with Crippen molar-refractivity contribution in [3.8, 4) is 0 Å². The fourth-order valence-corrected chi connectivity index (χ4v) is 3.65. The molecule has 0 saturated carbocycles. The average molecular weight is 468 g/mol. The maximum Gasteiger partial charge on any atom is 0.338 e. The van der Waals surface area contributed by atoms with E-state index < -0.39 is 29.4 Å². The second kappa shape index (κ2) is 9.25. The van der Waals surface area contributed by atoms with Crippen molar-refractivity contribution in [3.63, 3.8) is 0 Å². The molecule has 0 bridgehead atoms. The van der Waals surface area contributed by atoms with Gasteiger partial charge in [0, 0.05) is 23.1 Å². The van der Waals surface area contributed by atoms with E-state index in [1.165, 1.54) is 36.4 Å². The first kappa shape index (κ1) is 22.2. The molecule has 2 heterocycles. The summed E-state index contributed by atoms with van der Waals surface area (Å²) >= 11 is 5.96. The number of furan rings is 1. The summed E-state index contributed by atoms with van der Waals surface area (Å²) in [4.78, 5) is 35.7. The molecule has 4 rings (SSSR count). The largest absolute Gasteiger partial charge is 0.467 e. The molecule has 0 radical (unpaired) electrons. The van der Waals surface area contributed by atoms with Crippen LogP contribution in [0.1, 0.15) is 39.7 Å². The van der Waals surface area contributed by atoms with Crippen LogP contribution in [0.15, 0.2) is 70.4 Å². The third-order valence-electron chi connectivity index (χ3n) is 5.17. The molecule has 0 saturated heterocycles. The van der Waals surface area contributed by atoms with Gasteiger partial charge in [0.05, 0.1) is 22.5 Å². The molecular weight excluding hydrogens is 450 g/mol. The van der Waals surface area contributed by atoms with Gasteiger partial charge in [-0.15, -0.1) is 0 Å². The van der Waals surface area contributed by atoms with Gasteiger partial charge in [0.25, 0.3) is 11.6 Å². The van der Waals surface area contributed by atoms with Gasteiger partial charge in [-0.25, -0.2) is 9.80 Å². The molecule has 1 amide bonds. The third kappa shape index (κ3) is 4.78. The van der Waals surface area contributed by atoms with Crippen LogP contribution >= 0.6 is 11.6 Å². The van der Waals surface area contributed by atoms with Crippen molar-refractivity contribution in [3.05, 3.63) is 98.4 Å². The van der Waals surface area contributed by atoms with Crippen molar-refractivity contribution in [1.29, 1.82) is 0 Å². The van der Waals surface area contributed by atoms with Crippen LogP contribution in [0.25, 0.3) is 0 Å². The number of halogens is 1. The molecule has 1 aliphatic rings. The highest BCUT2D eigenvalue weighted by Crippen LogP contribution is 2.33. The first-order valence-corrected chi connectivity index (χ1v) is 10.3. The second-order valence-electron chi connectivity index (χ2n) is 7.36. The fourth-order valence-electron chi connectivity index (χ4n) is 3.52. The van der Waals surface area contributed by atoms with Crippen LogP contribution in [0.2, 0.25) is 5.02 Å². The lowest BCUT2D eigenvalue weighted by atomic mass is 10.0. The summed E-state index contributed by atoms with van der Waals surface area (Å²) in [5, 5.41) is 17.2. The Morgan fingerprint density at radius 2 is 2.00 bits per heavy atom. The Hall–Kier alpha value is -3.98. The normalized spacial score (nSPS) is 15.3. The van der Waals surface area contributed by atoms with Gasteiger partial charge in [-0.3, -0.25) is 14.9 Å². The maximum absolute atomic E-state index is 12.9. The predicted octanol–water partition coefficient (Wildman–Crippen LogP) is 4.68. The molecule has 1 atom stereocenters. The van der Waals surface area contributed by atoms with Crippen LogP contribution in [0.4, 0.5) is 5.69 Å². The number of carbonyl (C=O) groups excluding carboxylic acids is 2. The Balaban J connectivity index is 1.50.